The fourth-order valence-corrected chi connectivity index (χ4v) is 5.06. The first-order chi connectivity index (χ1) is 17.9. The van der Waals surface area contributed by atoms with Crippen molar-refractivity contribution < 1.29 is 19.1 Å². The van der Waals surface area contributed by atoms with E-state index in [2.05, 4.69) is 29.4 Å². The van der Waals surface area contributed by atoms with Crippen molar-refractivity contribution in [3.05, 3.63) is 46.7 Å². The van der Waals surface area contributed by atoms with Crippen LogP contribution in [0.1, 0.15) is 78.5 Å². The summed E-state index contributed by atoms with van der Waals surface area (Å²) in [7, 11) is 0. The molecule has 4 amide bonds. The van der Waals surface area contributed by atoms with Crippen molar-refractivity contribution in [2.24, 2.45) is 0 Å². The highest BCUT2D eigenvalue weighted by Crippen LogP contribution is 2.33. The van der Waals surface area contributed by atoms with Crippen LogP contribution in [0.15, 0.2) is 35.5 Å². The molecule has 9 heteroatoms. The maximum atomic E-state index is 13.4. The maximum Gasteiger partial charge on any atom is 0.338 e. The highest BCUT2D eigenvalue weighted by Gasteiger charge is 2.39. The molecule has 2 aliphatic heterocycles. The van der Waals surface area contributed by atoms with Crippen molar-refractivity contribution in [3.63, 3.8) is 0 Å². The summed E-state index contributed by atoms with van der Waals surface area (Å²) >= 11 is 0. The second kappa shape index (κ2) is 12.2. The van der Waals surface area contributed by atoms with Crippen LogP contribution in [0.2, 0.25) is 0 Å². The molecule has 2 N–H and O–H groups in total. The SMILES string of the molecule is CCOC(=O)C1=C(CN2CCN(C(=O)NC(C)(C)C)[C@@H](C)C2)N(CC)C(=O)N[C@@H]1c1ccc(C(C)C)cc1. The van der Waals surface area contributed by atoms with Gasteiger partial charge in [0, 0.05) is 50.0 Å². The molecular formula is C29H45N5O4. The summed E-state index contributed by atoms with van der Waals surface area (Å²) in [5.41, 5.74) is 2.84. The lowest BCUT2D eigenvalue weighted by atomic mass is 9.92. The van der Waals surface area contributed by atoms with Gasteiger partial charge in [-0.15, -0.1) is 0 Å². The number of likely N-dealkylation sites (N-methyl/N-ethyl adjacent to an activating group) is 1. The number of nitrogens with one attached hydrogen (secondary N) is 2. The number of benzene rings is 1. The van der Waals surface area contributed by atoms with Crippen molar-refractivity contribution in [1.82, 2.24) is 25.3 Å². The first-order valence-electron chi connectivity index (χ1n) is 13.7. The number of piperazine rings is 1. The Kier molecular flexibility index (Phi) is 9.46. The number of ether oxygens (including phenoxy) is 1. The zero-order valence-corrected chi connectivity index (χ0v) is 24.3. The number of rotatable bonds is 7. The van der Waals surface area contributed by atoms with Gasteiger partial charge >= 0.3 is 18.0 Å². The summed E-state index contributed by atoms with van der Waals surface area (Å²) in [6.07, 6.45) is 0. The first kappa shape index (κ1) is 29.5. The van der Waals surface area contributed by atoms with Gasteiger partial charge in [-0.2, -0.15) is 0 Å². The van der Waals surface area contributed by atoms with E-state index in [-0.39, 0.29) is 30.2 Å². The fraction of sp³-hybridized carbons (Fsp3) is 0.621. The molecular weight excluding hydrogens is 482 g/mol. The molecule has 2 atom stereocenters. The Balaban J connectivity index is 1.93. The smallest absolute Gasteiger partial charge is 0.338 e. The van der Waals surface area contributed by atoms with Gasteiger partial charge in [0.15, 0.2) is 0 Å². The summed E-state index contributed by atoms with van der Waals surface area (Å²) < 4.78 is 5.50. The van der Waals surface area contributed by atoms with Gasteiger partial charge < -0.3 is 20.3 Å². The lowest BCUT2D eigenvalue weighted by Crippen LogP contribution is -2.59. The lowest BCUT2D eigenvalue weighted by Gasteiger charge is -2.43. The summed E-state index contributed by atoms with van der Waals surface area (Å²) in [6.45, 7) is 18.8. The molecule has 0 bridgehead atoms. The van der Waals surface area contributed by atoms with E-state index in [1.807, 2.05) is 63.8 Å². The Hall–Kier alpha value is -3.07. The number of carbonyl (C=O) groups excluding carboxylic acids is 3. The summed E-state index contributed by atoms with van der Waals surface area (Å²) in [6, 6.07) is 7.12. The van der Waals surface area contributed by atoms with E-state index in [0.717, 1.165) is 5.56 Å². The van der Waals surface area contributed by atoms with Crippen molar-refractivity contribution in [2.75, 3.05) is 39.3 Å². The average molecular weight is 528 g/mol. The van der Waals surface area contributed by atoms with Crippen molar-refractivity contribution >= 4 is 18.0 Å². The van der Waals surface area contributed by atoms with E-state index in [9.17, 15) is 14.4 Å². The number of nitrogens with zero attached hydrogens (tertiary/aromatic N) is 3. The monoisotopic (exact) mass is 527 g/mol. The van der Waals surface area contributed by atoms with E-state index in [4.69, 9.17) is 4.74 Å². The van der Waals surface area contributed by atoms with E-state index in [1.54, 1.807) is 11.8 Å². The van der Waals surface area contributed by atoms with Crippen LogP contribution in [0, 0.1) is 0 Å². The Morgan fingerprint density at radius 3 is 2.32 bits per heavy atom. The minimum Gasteiger partial charge on any atom is -0.463 e. The molecule has 0 radical (unpaired) electrons. The van der Waals surface area contributed by atoms with Gasteiger partial charge in [0.2, 0.25) is 0 Å². The highest BCUT2D eigenvalue weighted by molar-refractivity contribution is 5.95. The Bertz CT molecular complexity index is 1040. The molecule has 0 aromatic heterocycles. The van der Waals surface area contributed by atoms with Crippen molar-refractivity contribution in [2.45, 2.75) is 78.9 Å². The van der Waals surface area contributed by atoms with Gasteiger partial charge in [-0.1, -0.05) is 38.1 Å². The van der Waals surface area contributed by atoms with E-state index < -0.39 is 12.0 Å². The van der Waals surface area contributed by atoms with Crippen LogP contribution in [0.4, 0.5) is 9.59 Å². The third-order valence-corrected chi connectivity index (χ3v) is 7.01. The first-order valence-corrected chi connectivity index (χ1v) is 13.7. The van der Waals surface area contributed by atoms with Gasteiger partial charge in [-0.25, -0.2) is 14.4 Å². The molecule has 0 unspecified atom stereocenters. The minimum atomic E-state index is -0.600. The summed E-state index contributed by atoms with van der Waals surface area (Å²) in [5, 5.41) is 6.09. The topological polar surface area (TPSA) is 94.2 Å². The van der Waals surface area contributed by atoms with Crippen molar-refractivity contribution in [1.29, 1.82) is 0 Å². The Morgan fingerprint density at radius 1 is 1.13 bits per heavy atom. The van der Waals surface area contributed by atoms with Crippen LogP contribution in [-0.4, -0.2) is 83.6 Å². The molecule has 0 spiro atoms. The number of hydrogen-bond donors (Lipinski definition) is 2. The fourth-order valence-electron chi connectivity index (χ4n) is 5.06. The molecule has 1 aromatic rings. The molecule has 2 heterocycles. The molecule has 3 rings (SSSR count). The lowest BCUT2D eigenvalue weighted by molar-refractivity contribution is -0.139. The Morgan fingerprint density at radius 2 is 1.79 bits per heavy atom. The number of urea groups is 2. The van der Waals surface area contributed by atoms with Crippen LogP contribution in [-0.2, 0) is 9.53 Å². The van der Waals surface area contributed by atoms with Gasteiger partial charge in [-0.3, -0.25) is 9.80 Å². The zero-order valence-electron chi connectivity index (χ0n) is 24.3. The number of hydrogen-bond acceptors (Lipinski definition) is 5. The van der Waals surface area contributed by atoms with E-state index >= 15 is 0 Å². The molecule has 0 saturated carbocycles. The molecule has 1 fully saturated rings. The van der Waals surface area contributed by atoms with Gasteiger partial charge in [0.1, 0.15) is 0 Å². The Labute approximate surface area is 227 Å². The van der Waals surface area contributed by atoms with Crippen LogP contribution >= 0.6 is 0 Å². The summed E-state index contributed by atoms with van der Waals surface area (Å²) in [5.74, 6) is -0.0440. The minimum absolute atomic E-state index is 0.0235. The average Bonchev–Trinajstić information content (AvgIpc) is 2.83. The largest absolute Gasteiger partial charge is 0.463 e. The highest BCUT2D eigenvalue weighted by atomic mass is 16.5. The van der Waals surface area contributed by atoms with Gasteiger partial charge in [-0.05, 0) is 58.6 Å². The van der Waals surface area contributed by atoms with E-state index in [0.29, 0.717) is 49.9 Å². The van der Waals surface area contributed by atoms with Crippen LogP contribution in [0.3, 0.4) is 0 Å². The second-order valence-electron chi connectivity index (χ2n) is 11.5. The molecule has 210 valence electrons. The molecule has 1 saturated heterocycles. The molecule has 0 aliphatic carbocycles. The normalized spacial score (nSPS) is 21.0. The molecule has 2 aliphatic rings. The van der Waals surface area contributed by atoms with Gasteiger partial charge in [0.05, 0.1) is 18.2 Å². The molecule has 9 nitrogen and oxygen atoms in total. The zero-order chi connectivity index (χ0) is 28.2. The van der Waals surface area contributed by atoms with E-state index in [1.165, 1.54) is 5.56 Å². The molecule has 38 heavy (non-hydrogen) atoms. The predicted molar refractivity (Wildman–Crippen MR) is 149 cm³/mol. The molecule has 1 aromatic carbocycles. The van der Waals surface area contributed by atoms with Gasteiger partial charge in [0.25, 0.3) is 0 Å². The number of esters is 1. The standard InChI is InChI=1S/C29H45N5O4/c1-9-33-23(18-32-15-16-34(20(5)17-32)28(37)31-29(6,7)8)24(26(35)38-10-2)25(30-27(33)36)22-13-11-21(12-14-22)19(3)4/h11-14,19-20,25H,9-10,15-18H2,1-8H3,(H,30,36)(H,31,37)/t20-,25+/m0/s1. The third kappa shape index (κ3) is 6.87. The van der Waals surface area contributed by atoms with Crippen molar-refractivity contribution in [3.8, 4) is 0 Å². The third-order valence-electron chi connectivity index (χ3n) is 7.01. The van der Waals surface area contributed by atoms with Crippen LogP contribution < -0.4 is 10.6 Å². The number of carbonyl (C=O) groups is 3. The second-order valence-corrected chi connectivity index (χ2v) is 11.5. The van der Waals surface area contributed by atoms with Crippen LogP contribution in [0.5, 0.6) is 0 Å². The maximum absolute atomic E-state index is 13.4. The predicted octanol–water partition coefficient (Wildman–Crippen LogP) is 4.23. The van der Waals surface area contributed by atoms with Crippen LogP contribution in [0.25, 0.3) is 0 Å². The summed E-state index contributed by atoms with van der Waals surface area (Å²) in [4.78, 5) is 45.1. The quantitative estimate of drug-likeness (QED) is 0.518. The number of amides is 4.